The topological polar surface area (TPSA) is 110 Å². The smallest absolute Gasteiger partial charge is 0.324 e. The van der Waals surface area contributed by atoms with E-state index in [9.17, 15) is 18.4 Å². The van der Waals surface area contributed by atoms with Gasteiger partial charge in [-0.1, -0.05) is 20.8 Å². The highest BCUT2D eigenvalue weighted by Crippen LogP contribution is 2.26. The van der Waals surface area contributed by atoms with E-state index in [-0.39, 0.29) is 28.5 Å². The van der Waals surface area contributed by atoms with Crippen LogP contribution >= 0.6 is 0 Å². The normalized spacial score (nSPS) is 11.1. The predicted octanol–water partition coefficient (Wildman–Crippen LogP) is 5.93. The van der Waals surface area contributed by atoms with Gasteiger partial charge in [-0.15, -0.1) is 0 Å². The number of nitrogens with one attached hydrogen (secondary N) is 3. The van der Waals surface area contributed by atoms with E-state index in [0.717, 1.165) is 18.2 Å². The first-order chi connectivity index (χ1) is 18.5. The summed E-state index contributed by atoms with van der Waals surface area (Å²) in [4.78, 5) is 28.6. The molecule has 0 unspecified atom stereocenters. The third kappa shape index (κ3) is 7.37. The average molecular weight is 535 g/mol. The number of anilines is 2. The molecule has 0 spiro atoms. The summed E-state index contributed by atoms with van der Waals surface area (Å²) in [6.45, 7) is 6.11. The first kappa shape index (κ1) is 27.2. The highest BCUT2D eigenvalue weighted by Gasteiger charge is 2.19. The van der Waals surface area contributed by atoms with Crippen LogP contribution in [0.15, 0.2) is 66.9 Å². The molecule has 0 aliphatic carbocycles. The van der Waals surface area contributed by atoms with Gasteiger partial charge in [0.1, 0.15) is 34.6 Å². The molecule has 0 fully saturated rings. The number of benzene rings is 2. The van der Waals surface area contributed by atoms with Gasteiger partial charge in [0.15, 0.2) is 0 Å². The molecular formula is C28H28F2N6O3. The SMILES string of the molecule is CNC(=O)c1cc(Oc2ccc(NC(=O)Nc3cc(CC(C)(C)C)nn3-c3cc(F)cc(F)c3)cc2)ccn1. The summed E-state index contributed by atoms with van der Waals surface area (Å²) in [5.41, 5.74) is 1.38. The molecule has 9 nitrogen and oxygen atoms in total. The van der Waals surface area contributed by atoms with E-state index in [1.165, 1.54) is 24.0 Å². The maximum atomic E-state index is 13.9. The van der Waals surface area contributed by atoms with Crippen molar-refractivity contribution in [2.45, 2.75) is 27.2 Å². The van der Waals surface area contributed by atoms with Crippen LogP contribution in [0.2, 0.25) is 0 Å². The van der Waals surface area contributed by atoms with E-state index in [4.69, 9.17) is 4.74 Å². The Hall–Kier alpha value is -4.80. The number of rotatable bonds is 7. The number of hydrogen-bond donors (Lipinski definition) is 3. The molecule has 2 heterocycles. The number of amides is 3. The van der Waals surface area contributed by atoms with Crippen LogP contribution in [0.4, 0.5) is 25.1 Å². The minimum Gasteiger partial charge on any atom is -0.457 e. The molecule has 3 N–H and O–H groups in total. The van der Waals surface area contributed by atoms with Gasteiger partial charge in [0.25, 0.3) is 5.91 Å². The Labute approximate surface area is 224 Å². The van der Waals surface area contributed by atoms with E-state index in [2.05, 4.69) is 26.0 Å². The highest BCUT2D eigenvalue weighted by molar-refractivity contribution is 5.99. The Morgan fingerprint density at radius 1 is 0.923 bits per heavy atom. The van der Waals surface area contributed by atoms with Gasteiger partial charge in [0, 0.05) is 37.1 Å². The standard InChI is InChI=1S/C28H28F2N6O3/c1-28(2,3)16-20-14-25(36(35-20)21-12-17(29)11-18(30)13-21)34-27(38)33-19-5-7-22(8-6-19)39-23-9-10-32-24(15-23)26(37)31-4/h5-15H,16H2,1-4H3,(H,31,37)(H2,33,34,38). The van der Waals surface area contributed by atoms with E-state index < -0.39 is 17.7 Å². The van der Waals surface area contributed by atoms with Gasteiger partial charge >= 0.3 is 6.03 Å². The van der Waals surface area contributed by atoms with Crippen LogP contribution in [0.1, 0.15) is 37.0 Å². The lowest BCUT2D eigenvalue weighted by Crippen LogP contribution is -2.21. The number of pyridine rings is 1. The predicted molar refractivity (Wildman–Crippen MR) is 143 cm³/mol. The number of ether oxygens (including phenoxy) is 1. The van der Waals surface area contributed by atoms with Gasteiger partial charge in [0.05, 0.1) is 11.4 Å². The molecule has 2 aromatic heterocycles. The van der Waals surface area contributed by atoms with Crippen LogP contribution in [-0.4, -0.2) is 33.8 Å². The van der Waals surface area contributed by atoms with Gasteiger partial charge in [-0.25, -0.2) is 18.3 Å². The van der Waals surface area contributed by atoms with Gasteiger partial charge in [0.2, 0.25) is 0 Å². The number of nitrogens with zero attached hydrogens (tertiary/aromatic N) is 3. The van der Waals surface area contributed by atoms with Crippen molar-refractivity contribution >= 4 is 23.4 Å². The lowest BCUT2D eigenvalue weighted by atomic mass is 9.91. The van der Waals surface area contributed by atoms with Crippen molar-refractivity contribution in [1.82, 2.24) is 20.1 Å². The Bertz CT molecular complexity index is 1480. The number of urea groups is 1. The molecule has 0 saturated carbocycles. The molecule has 11 heteroatoms. The fourth-order valence-corrected chi connectivity index (χ4v) is 3.76. The third-order valence-corrected chi connectivity index (χ3v) is 5.34. The second-order valence-electron chi connectivity index (χ2n) is 9.96. The largest absolute Gasteiger partial charge is 0.457 e. The van der Waals surface area contributed by atoms with Gasteiger partial charge in [-0.05, 0) is 54.3 Å². The number of carbonyl (C=O) groups excluding carboxylic acids is 2. The molecule has 0 aliphatic heterocycles. The Balaban J connectivity index is 1.48. The maximum Gasteiger partial charge on any atom is 0.324 e. The molecule has 4 rings (SSSR count). The molecule has 0 saturated heterocycles. The minimum atomic E-state index is -0.757. The molecule has 0 atom stereocenters. The van der Waals surface area contributed by atoms with Crippen molar-refractivity contribution in [2.24, 2.45) is 5.41 Å². The van der Waals surface area contributed by atoms with Crippen molar-refractivity contribution in [3.8, 4) is 17.2 Å². The summed E-state index contributed by atoms with van der Waals surface area (Å²) >= 11 is 0. The Morgan fingerprint density at radius 3 is 2.26 bits per heavy atom. The van der Waals surface area contributed by atoms with Crippen LogP contribution in [0, 0.1) is 17.0 Å². The quantitative estimate of drug-likeness (QED) is 0.272. The Kier molecular flexibility index (Phi) is 7.89. The number of carbonyl (C=O) groups is 2. The molecular weight excluding hydrogens is 506 g/mol. The van der Waals surface area contributed by atoms with Crippen LogP contribution in [0.25, 0.3) is 5.69 Å². The Morgan fingerprint density at radius 2 is 1.62 bits per heavy atom. The zero-order chi connectivity index (χ0) is 28.2. The second-order valence-corrected chi connectivity index (χ2v) is 9.96. The molecule has 2 aromatic carbocycles. The zero-order valence-corrected chi connectivity index (χ0v) is 21.9. The summed E-state index contributed by atoms with van der Waals surface area (Å²) in [5, 5.41) is 12.4. The van der Waals surface area contributed by atoms with Gasteiger partial charge in [-0.2, -0.15) is 5.10 Å². The van der Waals surface area contributed by atoms with Crippen molar-refractivity contribution < 1.29 is 23.1 Å². The molecule has 0 bridgehead atoms. The molecule has 4 aromatic rings. The van der Waals surface area contributed by atoms with Crippen LogP contribution in [0.3, 0.4) is 0 Å². The summed E-state index contributed by atoms with van der Waals surface area (Å²) in [6.07, 6.45) is 2.05. The first-order valence-corrected chi connectivity index (χ1v) is 12.1. The van der Waals surface area contributed by atoms with Crippen molar-refractivity contribution in [3.05, 3.63) is 89.9 Å². The number of hydrogen-bond acceptors (Lipinski definition) is 5. The monoisotopic (exact) mass is 534 g/mol. The number of aromatic nitrogens is 3. The van der Waals surface area contributed by atoms with E-state index in [1.807, 2.05) is 20.8 Å². The number of halogens is 2. The van der Waals surface area contributed by atoms with Crippen LogP contribution < -0.4 is 20.7 Å². The van der Waals surface area contributed by atoms with Crippen LogP contribution in [0.5, 0.6) is 11.5 Å². The van der Waals surface area contributed by atoms with E-state index in [1.54, 1.807) is 36.4 Å². The minimum absolute atomic E-state index is 0.101. The average Bonchev–Trinajstić information content (AvgIpc) is 3.24. The van der Waals surface area contributed by atoms with Gasteiger partial charge < -0.3 is 15.4 Å². The zero-order valence-electron chi connectivity index (χ0n) is 21.9. The molecule has 0 radical (unpaired) electrons. The summed E-state index contributed by atoms with van der Waals surface area (Å²) in [5.74, 6) is -0.690. The molecule has 39 heavy (non-hydrogen) atoms. The van der Waals surface area contributed by atoms with Crippen LogP contribution in [-0.2, 0) is 6.42 Å². The lowest BCUT2D eigenvalue weighted by Gasteiger charge is -2.15. The molecule has 202 valence electrons. The summed E-state index contributed by atoms with van der Waals surface area (Å²) in [7, 11) is 1.51. The van der Waals surface area contributed by atoms with E-state index >= 15 is 0 Å². The molecule has 3 amide bonds. The first-order valence-electron chi connectivity index (χ1n) is 12.1. The van der Waals surface area contributed by atoms with Crippen molar-refractivity contribution in [1.29, 1.82) is 0 Å². The van der Waals surface area contributed by atoms with Crippen molar-refractivity contribution in [3.63, 3.8) is 0 Å². The van der Waals surface area contributed by atoms with Crippen molar-refractivity contribution in [2.75, 3.05) is 17.7 Å². The maximum absolute atomic E-state index is 13.9. The molecule has 0 aliphatic rings. The highest BCUT2D eigenvalue weighted by atomic mass is 19.1. The fourth-order valence-electron chi connectivity index (χ4n) is 3.76. The fraction of sp³-hybridized carbons (Fsp3) is 0.214. The van der Waals surface area contributed by atoms with Gasteiger partial charge in [-0.3, -0.25) is 15.1 Å². The lowest BCUT2D eigenvalue weighted by molar-refractivity contribution is 0.0957. The summed E-state index contributed by atoms with van der Waals surface area (Å²) in [6, 6.07) is 13.9. The summed E-state index contributed by atoms with van der Waals surface area (Å²) < 4.78 is 34.9. The van der Waals surface area contributed by atoms with E-state index in [0.29, 0.717) is 29.3 Å². The third-order valence-electron chi connectivity index (χ3n) is 5.34. The second kappa shape index (κ2) is 11.3.